The first kappa shape index (κ1) is 42.0. The number of carbonyl (C=O) groups is 1. The SMILES string of the molecule is C=C1CC2CCC3[C@](C)(C(=O)OC4OC(CO)C(O)C(O)C4O)CCC[C@@]3(C)[C@@H]2CC(OC2OC(CO)C(O)C(O)C2OC2OC(C)C(O)C(O)C2O)N1. The van der Waals surface area contributed by atoms with Crippen LogP contribution in [0.5, 0.6) is 0 Å². The van der Waals surface area contributed by atoms with Crippen LogP contribution < -0.4 is 5.32 Å². The largest absolute Gasteiger partial charge is 0.432 e. The molecular formula is C36H59NO17. The average molecular weight is 778 g/mol. The molecule has 0 radical (unpaired) electrons. The van der Waals surface area contributed by atoms with E-state index in [9.17, 15) is 55.9 Å². The van der Waals surface area contributed by atoms with E-state index < -0.39 is 128 Å². The summed E-state index contributed by atoms with van der Waals surface area (Å²) < 4.78 is 35.2. The van der Waals surface area contributed by atoms with Crippen LogP contribution in [0.1, 0.15) is 65.7 Å². The third-order valence-electron chi connectivity index (χ3n) is 13.3. The molecule has 310 valence electrons. The molecule has 0 bridgehead atoms. The Bertz CT molecular complexity index is 1330. The summed E-state index contributed by atoms with van der Waals surface area (Å²) in [6, 6.07) is 0. The van der Waals surface area contributed by atoms with Crippen molar-refractivity contribution in [2.45, 2.75) is 164 Å². The van der Waals surface area contributed by atoms with Crippen molar-refractivity contribution in [1.82, 2.24) is 5.32 Å². The lowest BCUT2D eigenvalue weighted by atomic mass is 9.45. The molecule has 11 N–H and O–H groups in total. The highest BCUT2D eigenvalue weighted by molar-refractivity contribution is 5.77. The van der Waals surface area contributed by atoms with Crippen molar-refractivity contribution >= 4 is 5.97 Å². The van der Waals surface area contributed by atoms with Gasteiger partial charge in [0.1, 0.15) is 73.4 Å². The highest BCUT2D eigenvalue weighted by Gasteiger charge is 2.61. The Morgan fingerprint density at radius 1 is 0.778 bits per heavy atom. The normalized spacial score (nSPS) is 52.7. The van der Waals surface area contributed by atoms with Gasteiger partial charge in [-0.2, -0.15) is 0 Å². The summed E-state index contributed by atoms with van der Waals surface area (Å²) in [6.45, 7) is 8.35. The molecule has 4 aliphatic heterocycles. The van der Waals surface area contributed by atoms with Gasteiger partial charge >= 0.3 is 5.97 Å². The second-order valence-corrected chi connectivity index (χ2v) is 16.7. The smallest absolute Gasteiger partial charge is 0.314 e. The fourth-order valence-corrected chi connectivity index (χ4v) is 10.2. The number of hydrogen-bond donors (Lipinski definition) is 11. The summed E-state index contributed by atoms with van der Waals surface area (Å²) >= 11 is 0. The van der Waals surface area contributed by atoms with E-state index in [4.69, 9.17) is 28.4 Å². The molecule has 18 heteroatoms. The van der Waals surface area contributed by atoms with Crippen molar-refractivity contribution in [3.8, 4) is 0 Å². The standard InChI is InChI=1S/C36H59NO17/c1-14-10-16-6-7-20-35(3,8-5-9-36(20,4)34(48)54-32-29(47)26(44)23(41)18(12-38)50-32)17(16)11-21(37-14)52-33-30(27(45)24(42)19(13-39)51-33)53-31-28(46)25(43)22(40)15(2)49-31/h15-33,37-47H,1,5-13H2,2-4H3/t15?,16?,17-,18?,19?,20?,21?,22?,23?,24?,25?,26?,27?,28?,29?,30?,31?,32?,33?,35+,36-/m1/s1. The van der Waals surface area contributed by atoms with E-state index in [2.05, 4.69) is 18.8 Å². The van der Waals surface area contributed by atoms with Gasteiger partial charge in [0.05, 0.1) is 24.7 Å². The first-order chi connectivity index (χ1) is 25.4. The van der Waals surface area contributed by atoms with E-state index in [1.165, 1.54) is 6.92 Å². The highest BCUT2D eigenvalue weighted by Crippen LogP contribution is 2.63. The van der Waals surface area contributed by atoms with Crippen LogP contribution in [-0.4, -0.2) is 169 Å². The molecule has 4 heterocycles. The molecule has 4 saturated heterocycles. The molecule has 2 aliphatic carbocycles. The molecule has 6 aliphatic rings. The van der Waals surface area contributed by atoms with E-state index in [0.717, 1.165) is 12.8 Å². The third-order valence-corrected chi connectivity index (χ3v) is 13.3. The molecule has 21 atom stereocenters. The second kappa shape index (κ2) is 16.3. The number of hydrogen-bond acceptors (Lipinski definition) is 18. The van der Waals surface area contributed by atoms with Gasteiger partial charge in [0.25, 0.3) is 0 Å². The zero-order valence-corrected chi connectivity index (χ0v) is 30.9. The molecular weight excluding hydrogens is 718 g/mol. The first-order valence-corrected chi connectivity index (χ1v) is 19.0. The van der Waals surface area contributed by atoms with Crippen LogP contribution in [-0.2, 0) is 33.2 Å². The van der Waals surface area contributed by atoms with Crippen molar-refractivity contribution < 1.29 is 84.3 Å². The molecule has 0 aromatic heterocycles. The maximum Gasteiger partial charge on any atom is 0.314 e. The van der Waals surface area contributed by atoms with Crippen LogP contribution in [0.15, 0.2) is 12.3 Å². The van der Waals surface area contributed by atoms with Crippen LogP contribution in [0.25, 0.3) is 0 Å². The number of nitrogens with one attached hydrogen (secondary N) is 1. The minimum atomic E-state index is -1.73. The monoisotopic (exact) mass is 777 g/mol. The molecule has 0 aromatic rings. The fraction of sp³-hybridized carbons (Fsp3) is 0.917. The second-order valence-electron chi connectivity index (χ2n) is 16.7. The van der Waals surface area contributed by atoms with Crippen LogP contribution in [0, 0.1) is 28.6 Å². The third kappa shape index (κ3) is 7.58. The van der Waals surface area contributed by atoms with Crippen LogP contribution in [0.2, 0.25) is 0 Å². The molecule has 6 fully saturated rings. The van der Waals surface area contributed by atoms with E-state index in [0.29, 0.717) is 37.8 Å². The maximum absolute atomic E-state index is 14.1. The average Bonchev–Trinajstić information content (AvgIpc) is 3.30. The van der Waals surface area contributed by atoms with Crippen LogP contribution in [0.3, 0.4) is 0 Å². The number of aliphatic hydroxyl groups excluding tert-OH is 10. The van der Waals surface area contributed by atoms with Crippen molar-refractivity contribution in [3.05, 3.63) is 12.3 Å². The molecule has 2 saturated carbocycles. The lowest BCUT2D eigenvalue weighted by molar-refractivity contribution is -0.370. The lowest BCUT2D eigenvalue weighted by Crippen LogP contribution is -2.64. The number of rotatable bonds is 8. The summed E-state index contributed by atoms with van der Waals surface area (Å²) in [4.78, 5) is 14.1. The molecule has 18 unspecified atom stereocenters. The van der Waals surface area contributed by atoms with E-state index in [-0.39, 0.29) is 17.8 Å². The minimum absolute atomic E-state index is 0.0548. The number of aliphatic hydroxyl groups is 10. The predicted molar refractivity (Wildman–Crippen MR) is 181 cm³/mol. The summed E-state index contributed by atoms with van der Waals surface area (Å²) in [6.07, 6.45) is -19.1. The molecule has 6 rings (SSSR count). The van der Waals surface area contributed by atoms with E-state index in [1.807, 2.05) is 6.92 Å². The summed E-state index contributed by atoms with van der Waals surface area (Å²) in [5.74, 6) is -0.736. The van der Waals surface area contributed by atoms with Gasteiger partial charge in [-0.15, -0.1) is 0 Å². The van der Waals surface area contributed by atoms with Gasteiger partial charge in [0.2, 0.25) is 6.29 Å². The first-order valence-electron chi connectivity index (χ1n) is 19.0. The Morgan fingerprint density at radius 2 is 1.39 bits per heavy atom. The minimum Gasteiger partial charge on any atom is -0.432 e. The number of carbonyl (C=O) groups excluding carboxylic acids is 1. The van der Waals surface area contributed by atoms with E-state index >= 15 is 0 Å². The maximum atomic E-state index is 14.1. The zero-order valence-electron chi connectivity index (χ0n) is 30.9. The number of allylic oxidation sites excluding steroid dienone is 1. The van der Waals surface area contributed by atoms with Gasteiger partial charge in [-0.05, 0) is 75.5 Å². The Hall–Kier alpha value is -1.59. The van der Waals surface area contributed by atoms with Crippen molar-refractivity contribution in [3.63, 3.8) is 0 Å². The summed E-state index contributed by atoms with van der Waals surface area (Å²) in [7, 11) is 0. The topological polar surface area (TPSA) is 287 Å². The van der Waals surface area contributed by atoms with Crippen LogP contribution in [0.4, 0.5) is 0 Å². The Morgan fingerprint density at radius 3 is 2.06 bits per heavy atom. The molecule has 0 aromatic carbocycles. The lowest BCUT2D eigenvalue weighted by Gasteiger charge is -2.59. The molecule has 0 spiro atoms. The Balaban J connectivity index is 1.22. The molecule has 18 nitrogen and oxygen atoms in total. The van der Waals surface area contributed by atoms with Crippen molar-refractivity contribution in [1.29, 1.82) is 0 Å². The quantitative estimate of drug-likeness (QED) is 0.110. The zero-order chi connectivity index (χ0) is 39.4. The van der Waals surface area contributed by atoms with Crippen molar-refractivity contribution in [2.24, 2.45) is 28.6 Å². The Labute approximate surface area is 313 Å². The van der Waals surface area contributed by atoms with Gasteiger partial charge in [-0.25, -0.2) is 0 Å². The fourth-order valence-electron chi connectivity index (χ4n) is 10.2. The van der Waals surface area contributed by atoms with E-state index in [1.54, 1.807) is 0 Å². The Kier molecular flexibility index (Phi) is 12.7. The predicted octanol–water partition coefficient (Wildman–Crippen LogP) is -2.94. The number of ether oxygens (including phenoxy) is 6. The summed E-state index contributed by atoms with van der Waals surface area (Å²) in [5, 5.41) is 107. The molecule has 0 amide bonds. The van der Waals surface area contributed by atoms with Crippen molar-refractivity contribution in [2.75, 3.05) is 13.2 Å². The van der Waals surface area contributed by atoms with Crippen LogP contribution >= 0.6 is 0 Å². The van der Waals surface area contributed by atoms with Gasteiger partial charge < -0.3 is 84.8 Å². The summed E-state index contributed by atoms with van der Waals surface area (Å²) in [5.41, 5.74) is -0.794. The van der Waals surface area contributed by atoms with Gasteiger partial charge in [-0.3, -0.25) is 4.79 Å². The number of esters is 1. The van der Waals surface area contributed by atoms with Gasteiger partial charge in [0, 0.05) is 5.70 Å². The highest BCUT2D eigenvalue weighted by atomic mass is 16.8. The number of fused-ring (bicyclic) bond motifs is 3. The van der Waals surface area contributed by atoms with Gasteiger partial charge in [-0.1, -0.05) is 19.9 Å². The van der Waals surface area contributed by atoms with Gasteiger partial charge in [0.15, 0.2) is 12.6 Å². The molecule has 54 heavy (non-hydrogen) atoms.